The minimum absolute atomic E-state index is 0.0245. The molecule has 5 heteroatoms. The fourth-order valence-electron chi connectivity index (χ4n) is 2.76. The molecule has 0 saturated heterocycles. The van der Waals surface area contributed by atoms with Gasteiger partial charge in [0.15, 0.2) is 0 Å². The highest BCUT2D eigenvalue weighted by molar-refractivity contribution is 6.01. The Bertz CT molecular complexity index is 996. The van der Waals surface area contributed by atoms with Crippen LogP contribution in [-0.4, -0.2) is 15.6 Å². The van der Waals surface area contributed by atoms with E-state index in [9.17, 15) is 15.2 Å². The van der Waals surface area contributed by atoms with Gasteiger partial charge in [0.1, 0.15) is 17.4 Å². The van der Waals surface area contributed by atoms with Crippen LogP contribution < -0.4 is 5.32 Å². The maximum atomic E-state index is 12.5. The van der Waals surface area contributed by atoms with Gasteiger partial charge < -0.3 is 15.0 Å². The lowest BCUT2D eigenvalue weighted by molar-refractivity contribution is -0.117. The molecule has 0 aliphatic heterocycles. The van der Waals surface area contributed by atoms with E-state index in [0.29, 0.717) is 5.69 Å². The highest BCUT2D eigenvalue weighted by Crippen LogP contribution is 2.19. The van der Waals surface area contributed by atoms with Crippen LogP contribution in [0.1, 0.15) is 24.2 Å². The van der Waals surface area contributed by atoms with Crippen molar-refractivity contribution in [3.63, 3.8) is 0 Å². The molecular weight excluding hydrogens is 338 g/mol. The van der Waals surface area contributed by atoms with Gasteiger partial charge in [0.25, 0.3) is 5.91 Å². The van der Waals surface area contributed by atoms with Gasteiger partial charge in [0, 0.05) is 17.6 Å². The van der Waals surface area contributed by atoms with E-state index in [-0.39, 0.29) is 17.4 Å². The second-order valence-corrected chi connectivity index (χ2v) is 6.10. The number of rotatable bonds is 5. The minimum Gasteiger partial charge on any atom is -0.508 e. The van der Waals surface area contributed by atoms with Gasteiger partial charge in [-0.2, -0.15) is 5.26 Å². The predicted octanol–water partition coefficient (Wildman–Crippen LogP) is 3.97. The van der Waals surface area contributed by atoms with Crippen molar-refractivity contribution in [3.8, 4) is 17.5 Å². The quantitative estimate of drug-likeness (QED) is 0.536. The smallest absolute Gasteiger partial charge is 0.262 e. The molecular formula is C22H19N3O2. The molecule has 0 bridgehead atoms. The molecule has 0 aliphatic rings. The molecule has 2 aromatic carbocycles. The van der Waals surface area contributed by atoms with Crippen LogP contribution in [0.25, 0.3) is 11.8 Å². The standard InChI is InChI=1S/C22H19N3O2/c1-16(17-6-3-2-4-7-17)24-22(27)18(15-23)14-20-8-5-13-25(20)19-9-11-21(26)12-10-19/h2-14,16,26H,1H3,(H,24,27)/b18-14-/t16-/m0/s1. The van der Waals surface area contributed by atoms with Crippen molar-refractivity contribution in [2.24, 2.45) is 0 Å². The van der Waals surface area contributed by atoms with Crippen molar-refractivity contribution in [1.82, 2.24) is 9.88 Å². The van der Waals surface area contributed by atoms with Crippen molar-refractivity contribution in [2.75, 3.05) is 0 Å². The SMILES string of the molecule is C[C@H](NC(=O)/C(C#N)=C\c1cccn1-c1ccc(O)cc1)c1ccccc1. The molecule has 1 aromatic heterocycles. The Morgan fingerprint density at radius 2 is 1.81 bits per heavy atom. The topological polar surface area (TPSA) is 78.0 Å². The molecule has 0 saturated carbocycles. The first-order chi connectivity index (χ1) is 13.1. The first kappa shape index (κ1) is 18.0. The van der Waals surface area contributed by atoms with E-state index in [1.165, 1.54) is 0 Å². The van der Waals surface area contributed by atoms with Crippen LogP contribution in [0.2, 0.25) is 0 Å². The van der Waals surface area contributed by atoms with Gasteiger partial charge in [-0.1, -0.05) is 30.3 Å². The summed E-state index contributed by atoms with van der Waals surface area (Å²) in [5.41, 5.74) is 2.51. The summed E-state index contributed by atoms with van der Waals surface area (Å²) in [6, 6.07) is 21.7. The molecule has 1 atom stereocenters. The zero-order valence-corrected chi connectivity index (χ0v) is 14.8. The Hall–Kier alpha value is -3.78. The Labute approximate surface area is 157 Å². The monoisotopic (exact) mass is 357 g/mol. The van der Waals surface area contributed by atoms with Gasteiger partial charge in [0.05, 0.1) is 6.04 Å². The Morgan fingerprint density at radius 1 is 1.11 bits per heavy atom. The van der Waals surface area contributed by atoms with E-state index in [1.807, 2.05) is 66.2 Å². The zero-order chi connectivity index (χ0) is 19.2. The Kier molecular flexibility index (Phi) is 5.38. The second-order valence-electron chi connectivity index (χ2n) is 6.10. The molecule has 0 unspecified atom stereocenters. The lowest BCUT2D eigenvalue weighted by Gasteiger charge is -2.14. The number of hydrogen-bond acceptors (Lipinski definition) is 3. The Morgan fingerprint density at radius 3 is 2.48 bits per heavy atom. The first-order valence-electron chi connectivity index (χ1n) is 8.53. The summed E-state index contributed by atoms with van der Waals surface area (Å²) in [5.74, 6) is -0.248. The molecule has 3 aromatic rings. The molecule has 134 valence electrons. The number of aromatic hydroxyl groups is 1. The summed E-state index contributed by atoms with van der Waals surface area (Å²) < 4.78 is 1.84. The molecule has 1 heterocycles. The molecule has 27 heavy (non-hydrogen) atoms. The van der Waals surface area contributed by atoms with Crippen LogP contribution in [0, 0.1) is 11.3 Å². The summed E-state index contributed by atoms with van der Waals surface area (Å²) in [6.45, 7) is 1.88. The van der Waals surface area contributed by atoms with Crippen LogP contribution in [0.4, 0.5) is 0 Å². The van der Waals surface area contributed by atoms with E-state index in [2.05, 4.69) is 5.32 Å². The van der Waals surface area contributed by atoms with Crippen LogP contribution in [0.3, 0.4) is 0 Å². The van der Waals surface area contributed by atoms with E-state index in [1.54, 1.807) is 30.3 Å². The van der Waals surface area contributed by atoms with Crippen molar-refractivity contribution in [3.05, 3.63) is 89.8 Å². The number of nitrogens with zero attached hydrogens (tertiary/aromatic N) is 2. The number of phenolic OH excluding ortho intramolecular Hbond substituents is 1. The molecule has 0 spiro atoms. The number of nitriles is 1. The summed E-state index contributed by atoms with van der Waals surface area (Å²) in [7, 11) is 0. The number of carbonyl (C=O) groups is 1. The number of amides is 1. The molecule has 2 N–H and O–H groups in total. The molecule has 0 aliphatic carbocycles. The van der Waals surface area contributed by atoms with E-state index < -0.39 is 5.91 Å². The van der Waals surface area contributed by atoms with Crippen molar-refractivity contribution >= 4 is 12.0 Å². The van der Waals surface area contributed by atoms with Crippen molar-refractivity contribution < 1.29 is 9.90 Å². The minimum atomic E-state index is -0.424. The molecule has 5 nitrogen and oxygen atoms in total. The predicted molar refractivity (Wildman–Crippen MR) is 104 cm³/mol. The maximum Gasteiger partial charge on any atom is 0.262 e. The maximum absolute atomic E-state index is 12.5. The lowest BCUT2D eigenvalue weighted by atomic mass is 10.1. The zero-order valence-electron chi connectivity index (χ0n) is 14.8. The molecule has 1 amide bonds. The fourth-order valence-corrected chi connectivity index (χ4v) is 2.76. The third-order valence-corrected chi connectivity index (χ3v) is 4.21. The van der Waals surface area contributed by atoms with Crippen molar-refractivity contribution in [2.45, 2.75) is 13.0 Å². The summed E-state index contributed by atoms with van der Waals surface area (Å²) >= 11 is 0. The molecule has 0 radical (unpaired) electrons. The number of benzene rings is 2. The number of aromatic nitrogens is 1. The third kappa shape index (κ3) is 4.25. The van der Waals surface area contributed by atoms with Gasteiger partial charge in [-0.05, 0) is 55.0 Å². The molecule has 3 rings (SSSR count). The third-order valence-electron chi connectivity index (χ3n) is 4.21. The second kappa shape index (κ2) is 8.07. The fraction of sp³-hybridized carbons (Fsp3) is 0.0909. The Balaban J connectivity index is 1.83. The largest absolute Gasteiger partial charge is 0.508 e. The highest BCUT2D eigenvalue weighted by Gasteiger charge is 2.14. The number of phenols is 1. The summed E-state index contributed by atoms with van der Waals surface area (Å²) in [4.78, 5) is 12.5. The van der Waals surface area contributed by atoms with Crippen LogP contribution in [-0.2, 0) is 4.79 Å². The summed E-state index contributed by atoms with van der Waals surface area (Å²) in [6.07, 6.45) is 3.39. The van der Waals surface area contributed by atoms with Gasteiger partial charge in [-0.15, -0.1) is 0 Å². The molecule has 0 fully saturated rings. The van der Waals surface area contributed by atoms with Gasteiger partial charge in [0.2, 0.25) is 0 Å². The van der Waals surface area contributed by atoms with Gasteiger partial charge in [-0.25, -0.2) is 0 Å². The average Bonchev–Trinajstić information content (AvgIpc) is 3.15. The van der Waals surface area contributed by atoms with E-state index in [0.717, 1.165) is 11.3 Å². The highest BCUT2D eigenvalue weighted by atomic mass is 16.3. The van der Waals surface area contributed by atoms with Crippen molar-refractivity contribution in [1.29, 1.82) is 5.26 Å². The number of hydrogen-bond donors (Lipinski definition) is 2. The van der Waals surface area contributed by atoms with E-state index >= 15 is 0 Å². The average molecular weight is 357 g/mol. The van der Waals surface area contributed by atoms with E-state index in [4.69, 9.17) is 0 Å². The van der Waals surface area contributed by atoms with Gasteiger partial charge in [-0.3, -0.25) is 4.79 Å². The van der Waals surface area contributed by atoms with Crippen LogP contribution in [0.15, 0.2) is 78.5 Å². The number of carbonyl (C=O) groups excluding carboxylic acids is 1. The van der Waals surface area contributed by atoms with Crippen LogP contribution >= 0.6 is 0 Å². The number of nitrogens with one attached hydrogen (secondary N) is 1. The van der Waals surface area contributed by atoms with Gasteiger partial charge >= 0.3 is 0 Å². The lowest BCUT2D eigenvalue weighted by Crippen LogP contribution is -2.27. The summed E-state index contributed by atoms with van der Waals surface area (Å²) in [5, 5.41) is 21.7. The van der Waals surface area contributed by atoms with Crippen LogP contribution in [0.5, 0.6) is 5.75 Å². The normalized spacial score (nSPS) is 12.2. The first-order valence-corrected chi connectivity index (χ1v) is 8.53.